The van der Waals surface area contributed by atoms with Crippen molar-refractivity contribution in [2.45, 2.75) is 18.9 Å². The monoisotopic (exact) mass is 236 g/mol. The number of hydrogen-bond acceptors (Lipinski definition) is 3. The molecule has 0 aliphatic rings. The topological polar surface area (TPSA) is 38.9 Å². The van der Waals surface area contributed by atoms with Crippen LogP contribution in [0.4, 0.5) is 4.39 Å². The summed E-state index contributed by atoms with van der Waals surface area (Å²) in [6, 6.07) is 6.62. The molecular formula is C12H13FN2S. The van der Waals surface area contributed by atoms with E-state index in [1.165, 1.54) is 17.4 Å². The predicted molar refractivity (Wildman–Crippen MR) is 63.8 cm³/mol. The molecule has 0 aliphatic heterocycles. The summed E-state index contributed by atoms with van der Waals surface area (Å²) in [7, 11) is 0. The maximum atomic E-state index is 13.6. The van der Waals surface area contributed by atoms with Crippen molar-refractivity contribution in [1.29, 1.82) is 0 Å². The van der Waals surface area contributed by atoms with E-state index in [-0.39, 0.29) is 5.82 Å². The average Bonchev–Trinajstić information content (AvgIpc) is 2.70. The van der Waals surface area contributed by atoms with Crippen LogP contribution in [0.5, 0.6) is 0 Å². The van der Waals surface area contributed by atoms with Crippen LogP contribution < -0.4 is 5.73 Å². The Hall–Kier alpha value is -1.26. The van der Waals surface area contributed by atoms with Gasteiger partial charge in [0, 0.05) is 29.1 Å². The Kier molecular flexibility index (Phi) is 3.03. The molecule has 0 amide bonds. The number of nitrogens with two attached hydrogens (primary N) is 1. The zero-order valence-corrected chi connectivity index (χ0v) is 9.80. The van der Waals surface area contributed by atoms with E-state index in [4.69, 9.17) is 5.73 Å². The Morgan fingerprint density at radius 1 is 1.44 bits per heavy atom. The van der Waals surface area contributed by atoms with Crippen molar-refractivity contribution >= 4 is 11.3 Å². The smallest absolute Gasteiger partial charge is 0.128 e. The number of aromatic nitrogens is 1. The van der Waals surface area contributed by atoms with Gasteiger partial charge in [0.1, 0.15) is 5.82 Å². The third-order valence-corrected chi connectivity index (χ3v) is 3.27. The molecule has 1 aromatic heterocycles. The van der Waals surface area contributed by atoms with Crippen molar-refractivity contribution < 1.29 is 4.39 Å². The molecule has 0 fully saturated rings. The van der Waals surface area contributed by atoms with Gasteiger partial charge in [0.2, 0.25) is 0 Å². The largest absolute Gasteiger partial charge is 0.321 e. The van der Waals surface area contributed by atoms with E-state index in [0.717, 1.165) is 5.01 Å². The second-order valence-corrected chi connectivity index (χ2v) is 4.98. The van der Waals surface area contributed by atoms with E-state index in [1.807, 2.05) is 12.3 Å². The highest BCUT2D eigenvalue weighted by Gasteiger charge is 2.25. The van der Waals surface area contributed by atoms with E-state index in [1.54, 1.807) is 24.4 Å². The molecule has 2 rings (SSSR count). The van der Waals surface area contributed by atoms with Crippen LogP contribution in [0.25, 0.3) is 0 Å². The first-order valence-corrected chi connectivity index (χ1v) is 5.90. The van der Waals surface area contributed by atoms with Gasteiger partial charge in [0.05, 0.1) is 5.01 Å². The zero-order chi connectivity index (χ0) is 11.6. The molecule has 0 aliphatic carbocycles. The van der Waals surface area contributed by atoms with Crippen LogP contribution in [-0.4, -0.2) is 4.98 Å². The van der Waals surface area contributed by atoms with Crippen LogP contribution in [-0.2, 0) is 12.0 Å². The molecule has 2 nitrogen and oxygen atoms in total. The summed E-state index contributed by atoms with van der Waals surface area (Å²) in [6.07, 6.45) is 2.28. The molecule has 0 spiro atoms. The zero-order valence-electron chi connectivity index (χ0n) is 8.98. The third-order valence-electron chi connectivity index (χ3n) is 2.49. The number of hydrogen-bond donors (Lipinski definition) is 1. The lowest BCUT2D eigenvalue weighted by molar-refractivity contribution is 0.456. The van der Waals surface area contributed by atoms with Crippen molar-refractivity contribution in [3.63, 3.8) is 0 Å². The SMILES string of the molecule is CC(N)(Cc1nccs1)c1ccccc1F. The van der Waals surface area contributed by atoms with Crippen LogP contribution >= 0.6 is 11.3 Å². The van der Waals surface area contributed by atoms with Crippen molar-refractivity contribution in [2.24, 2.45) is 5.73 Å². The van der Waals surface area contributed by atoms with Crippen LogP contribution in [0.15, 0.2) is 35.8 Å². The van der Waals surface area contributed by atoms with E-state index in [2.05, 4.69) is 4.98 Å². The number of rotatable bonds is 3. The quantitative estimate of drug-likeness (QED) is 0.890. The molecule has 1 heterocycles. The van der Waals surface area contributed by atoms with Crippen LogP contribution in [0.2, 0.25) is 0 Å². The molecule has 84 valence electrons. The van der Waals surface area contributed by atoms with Gasteiger partial charge in [-0.25, -0.2) is 9.37 Å². The lowest BCUT2D eigenvalue weighted by atomic mass is 9.89. The highest BCUT2D eigenvalue weighted by molar-refractivity contribution is 7.09. The summed E-state index contributed by atoms with van der Waals surface area (Å²) in [5.41, 5.74) is 5.97. The maximum Gasteiger partial charge on any atom is 0.128 e. The second-order valence-electron chi connectivity index (χ2n) is 4.00. The summed E-state index contributed by atoms with van der Waals surface area (Å²) in [5, 5.41) is 2.82. The number of nitrogens with zero attached hydrogens (tertiary/aromatic N) is 1. The Morgan fingerprint density at radius 2 is 2.19 bits per heavy atom. The van der Waals surface area contributed by atoms with Gasteiger partial charge in [0.15, 0.2) is 0 Å². The van der Waals surface area contributed by atoms with E-state index in [9.17, 15) is 4.39 Å². The number of thiazole rings is 1. The standard InChI is InChI=1S/C12H13FN2S/c1-12(14,8-11-15-6-7-16-11)9-4-2-3-5-10(9)13/h2-7H,8,14H2,1H3. The summed E-state index contributed by atoms with van der Waals surface area (Å²) in [6.45, 7) is 1.83. The normalized spacial score (nSPS) is 14.7. The van der Waals surface area contributed by atoms with Gasteiger partial charge in [-0.3, -0.25) is 0 Å². The first kappa shape index (κ1) is 11.2. The first-order chi connectivity index (χ1) is 7.59. The Bertz CT molecular complexity index is 466. The molecule has 1 atom stereocenters. The van der Waals surface area contributed by atoms with Crippen LogP contribution in [0, 0.1) is 5.82 Å². The Labute approximate surface area is 97.9 Å². The highest BCUT2D eigenvalue weighted by Crippen LogP contribution is 2.25. The van der Waals surface area contributed by atoms with E-state index < -0.39 is 5.54 Å². The fourth-order valence-electron chi connectivity index (χ4n) is 1.67. The van der Waals surface area contributed by atoms with Crippen molar-refractivity contribution in [3.05, 3.63) is 52.2 Å². The minimum Gasteiger partial charge on any atom is -0.321 e. The molecule has 1 aromatic carbocycles. The molecule has 1 unspecified atom stereocenters. The molecule has 2 aromatic rings. The predicted octanol–water partition coefficient (Wildman–Crippen LogP) is 2.70. The third kappa shape index (κ3) is 2.28. The minimum atomic E-state index is -0.719. The molecule has 16 heavy (non-hydrogen) atoms. The molecule has 2 N–H and O–H groups in total. The lowest BCUT2D eigenvalue weighted by Gasteiger charge is -2.24. The summed E-state index contributed by atoms with van der Waals surface area (Å²) in [4.78, 5) is 4.17. The molecule has 4 heteroatoms. The number of halogens is 1. The Balaban J connectivity index is 2.28. The highest BCUT2D eigenvalue weighted by atomic mass is 32.1. The summed E-state index contributed by atoms with van der Waals surface area (Å²) in [5.74, 6) is -0.260. The minimum absolute atomic E-state index is 0.260. The maximum absolute atomic E-state index is 13.6. The lowest BCUT2D eigenvalue weighted by Crippen LogP contribution is -2.36. The fraction of sp³-hybridized carbons (Fsp3) is 0.250. The Morgan fingerprint density at radius 3 is 2.81 bits per heavy atom. The van der Waals surface area contributed by atoms with Gasteiger partial charge >= 0.3 is 0 Å². The van der Waals surface area contributed by atoms with Gasteiger partial charge < -0.3 is 5.73 Å². The summed E-state index contributed by atoms with van der Waals surface area (Å²) >= 11 is 1.54. The molecule has 0 bridgehead atoms. The average molecular weight is 236 g/mol. The van der Waals surface area contributed by atoms with E-state index >= 15 is 0 Å². The van der Waals surface area contributed by atoms with Gasteiger partial charge in [-0.15, -0.1) is 11.3 Å². The van der Waals surface area contributed by atoms with Crippen LogP contribution in [0.1, 0.15) is 17.5 Å². The fourth-order valence-corrected chi connectivity index (χ4v) is 2.46. The van der Waals surface area contributed by atoms with Crippen molar-refractivity contribution in [1.82, 2.24) is 4.98 Å². The molecular weight excluding hydrogens is 223 g/mol. The molecule has 0 saturated heterocycles. The van der Waals surface area contributed by atoms with Gasteiger partial charge in [0.25, 0.3) is 0 Å². The number of benzene rings is 1. The first-order valence-electron chi connectivity index (χ1n) is 5.02. The van der Waals surface area contributed by atoms with Gasteiger partial charge in [-0.1, -0.05) is 18.2 Å². The molecule has 0 saturated carbocycles. The van der Waals surface area contributed by atoms with Crippen molar-refractivity contribution in [2.75, 3.05) is 0 Å². The van der Waals surface area contributed by atoms with E-state index in [0.29, 0.717) is 12.0 Å². The van der Waals surface area contributed by atoms with Gasteiger partial charge in [-0.2, -0.15) is 0 Å². The van der Waals surface area contributed by atoms with Crippen LogP contribution in [0.3, 0.4) is 0 Å². The molecule has 0 radical (unpaired) electrons. The van der Waals surface area contributed by atoms with Gasteiger partial charge in [-0.05, 0) is 13.0 Å². The second kappa shape index (κ2) is 4.31. The summed E-state index contributed by atoms with van der Waals surface area (Å²) < 4.78 is 13.6. The van der Waals surface area contributed by atoms with Crippen molar-refractivity contribution in [3.8, 4) is 0 Å².